The average Bonchev–Trinajstić information content (AvgIpc) is 2.46. The number of hydrogen-bond acceptors (Lipinski definition) is 2. The summed E-state index contributed by atoms with van der Waals surface area (Å²) in [6, 6.07) is 16.5. The topological polar surface area (TPSA) is 38.3 Å². The van der Waals surface area contributed by atoms with Crippen LogP contribution in [0.15, 0.2) is 54.6 Å². The first-order valence-corrected chi connectivity index (χ1v) is 7.07. The van der Waals surface area contributed by atoms with Crippen LogP contribution in [0.4, 0.5) is 5.69 Å². The maximum absolute atomic E-state index is 12.1. The van der Waals surface area contributed by atoms with Gasteiger partial charge in [0, 0.05) is 16.6 Å². The zero-order valence-corrected chi connectivity index (χ0v) is 11.9. The molecule has 3 nitrogen and oxygen atoms in total. The van der Waals surface area contributed by atoms with Crippen LogP contribution in [0.1, 0.15) is 10.4 Å². The fourth-order valence-electron chi connectivity index (χ4n) is 1.61. The second-order valence-corrected chi connectivity index (χ2v) is 4.68. The highest BCUT2D eigenvalue weighted by atomic mass is 79.9. The Labute approximate surface area is 120 Å². The van der Waals surface area contributed by atoms with E-state index in [1.54, 1.807) is 12.1 Å². The van der Waals surface area contributed by atoms with Gasteiger partial charge in [0.2, 0.25) is 0 Å². The number of benzene rings is 2. The monoisotopic (exact) mass is 319 g/mol. The number of halogens is 1. The summed E-state index contributed by atoms with van der Waals surface area (Å²) >= 11 is 3.29. The number of hydrogen-bond donors (Lipinski definition) is 1. The number of rotatable bonds is 5. The van der Waals surface area contributed by atoms with E-state index in [2.05, 4.69) is 21.2 Å². The molecule has 0 radical (unpaired) electrons. The standard InChI is InChI=1S/C15H14BrNO2/c16-9-10-19-14-8-4-5-12(11-14)15(18)17-13-6-2-1-3-7-13/h1-8,11H,9-10H2,(H,17,18). The van der Waals surface area contributed by atoms with Gasteiger partial charge in [-0.25, -0.2) is 0 Å². The van der Waals surface area contributed by atoms with E-state index in [9.17, 15) is 4.79 Å². The third-order valence-corrected chi connectivity index (χ3v) is 2.80. The minimum Gasteiger partial charge on any atom is -0.493 e. The second-order valence-electron chi connectivity index (χ2n) is 3.89. The SMILES string of the molecule is O=C(Nc1ccccc1)c1cccc(OCCBr)c1. The molecule has 0 aliphatic rings. The molecular weight excluding hydrogens is 306 g/mol. The van der Waals surface area contributed by atoms with Crippen LogP contribution >= 0.6 is 15.9 Å². The molecule has 2 aromatic carbocycles. The van der Waals surface area contributed by atoms with Crippen molar-refractivity contribution in [2.75, 3.05) is 17.3 Å². The number of nitrogens with one attached hydrogen (secondary N) is 1. The first-order valence-electron chi connectivity index (χ1n) is 5.95. The minimum atomic E-state index is -0.143. The average molecular weight is 320 g/mol. The van der Waals surface area contributed by atoms with Gasteiger partial charge >= 0.3 is 0 Å². The maximum atomic E-state index is 12.1. The predicted octanol–water partition coefficient (Wildman–Crippen LogP) is 3.71. The predicted molar refractivity (Wildman–Crippen MR) is 80.1 cm³/mol. The molecule has 0 aliphatic heterocycles. The summed E-state index contributed by atoms with van der Waals surface area (Å²) in [5.41, 5.74) is 1.36. The summed E-state index contributed by atoms with van der Waals surface area (Å²) in [6.07, 6.45) is 0. The largest absolute Gasteiger partial charge is 0.493 e. The molecule has 19 heavy (non-hydrogen) atoms. The zero-order valence-electron chi connectivity index (χ0n) is 10.3. The van der Waals surface area contributed by atoms with Crippen molar-refractivity contribution in [3.05, 3.63) is 60.2 Å². The molecule has 0 aromatic heterocycles. The summed E-state index contributed by atoms with van der Waals surface area (Å²) in [6.45, 7) is 0.573. The molecule has 0 bridgehead atoms. The van der Waals surface area contributed by atoms with Crippen molar-refractivity contribution in [3.8, 4) is 5.75 Å². The van der Waals surface area contributed by atoms with Gasteiger partial charge < -0.3 is 10.1 Å². The Morgan fingerprint density at radius 1 is 1.11 bits per heavy atom. The van der Waals surface area contributed by atoms with Crippen molar-refractivity contribution in [3.63, 3.8) is 0 Å². The Hall–Kier alpha value is -1.81. The molecule has 0 atom stereocenters. The molecule has 0 unspecified atom stereocenters. The van der Waals surface area contributed by atoms with Gasteiger partial charge in [0.05, 0.1) is 6.61 Å². The van der Waals surface area contributed by atoms with Crippen molar-refractivity contribution in [2.45, 2.75) is 0 Å². The lowest BCUT2D eigenvalue weighted by molar-refractivity contribution is 0.102. The fourth-order valence-corrected chi connectivity index (χ4v) is 1.77. The summed E-state index contributed by atoms with van der Waals surface area (Å²) in [4.78, 5) is 12.1. The zero-order chi connectivity index (χ0) is 13.5. The number of anilines is 1. The molecule has 0 saturated heterocycles. The van der Waals surface area contributed by atoms with Crippen LogP contribution in [0.5, 0.6) is 5.75 Å². The van der Waals surface area contributed by atoms with Crippen LogP contribution in [-0.4, -0.2) is 17.8 Å². The quantitative estimate of drug-likeness (QED) is 0.853. The number of carbonyl (C=O) groups is 1. The van der Waals surface area contributed by atoms with Crippen LogP contribution in [0.25, 0.3) is 0 Å². The van der Waals surface area contributed by atoms with Crippen molar-refractivity contribution in [1.29, 1.82) is 0 Å². The fraction of sp³-hybridized carbons (Fsp3) is 0.133. The van der Waals surface area contributed by atoms with Crippen molar-refractivity contribution in [2.24, 2.45) is 0 Å². The molecule has 0 heterocycles. The van der Waals surface area contributed by atoms with Gasteiger partial charge in [-0.1, -0.05) is 40.2 Å². The Bertz CT molecular complexity index is 543. The first-order chi connectivity index (χ1) is 9.29. The number of ether oxygens (including phenoxy) is 1. The summed E-state index contributed by atoms with van der Waals surface area (Å²) in [7, 11) is 0. The van der Waals surface area contributed by atoms with Crippen molar-refractivity contribution < 1.29 is 9.53 Å². The Morgan fingerprint density at radius 2 is 1.89 bits per heavy atom. The van der Waals surface area contributed by atoms with Gasteiger partial charge in [-0.2, -0.15) is 0 Å². The van der Waals surface area contributed by atoms with Crippen molar-refractivity contribution >= 4 is 27.5 Å². The van der Waals surface area contributed by atoms with E-state index in [1.165, 1.54) is 0 Å². The van der Waals surface area contributed by atoms with Crippen LogP contribution in [0.3, 0.4) is 0 Å². The van der Waals surface area contributed by atoms with Crippen LogP contribution < -0.4 is 10.1 Å². The molecule has 0 aliphatic carbocycles. The third kappa shape index (κ3) is 4.10. The van der Waals surface area contributed by atoms with Gasteiger partial charge in [-0.05, 0) is 30.3 Å². The van der Waals surface area contributed by atoms with Gasteiger partial charge in [-0.3, -0.25) is 4.79 Å². The van der Waals surface area contributed by atoms with Crippen LogP contribution in [-0.2, 0) is 0 Å². The van der Waals surface area contributed by atoms with Gasteiger partial charge in [0.25, 0.3) is 5.91 Å². The molecule has 0 saturated carbocycles. The molecule has 2 aromatic rings. The van der Waals surface area contributed by atoms with Gasteiger partial charge in [-0.15, -0.1) is 0 Å². The Balaban J connectivity index is 2.06. The summed E-state index contributed by atoms with van der Waals surface area (Å²) in [5, 5.41) is 3.60. The van der Waals surface area contributed by atoms with E-state index < -0.39 is 0 Å². The molecule has 98 valence electrons. The normalized spacial score (nSPS) is 9.95. The number of amides is 1. The first kappa shape index (κ1) is 13.6. The third-order valence-electron chi connectivity index (χ3n) is 2.47. The maximum Gasteiger partial charge on any atom is 0.255 e. The van der Waals surface area contributed by atoms with Gasteiger partial charge in [0.1, 0.15) is 5.75 Å². The Kier molecular flexibility index (Phi) is 4.98. The number of carbonyl (C=O) groups excluding carboxylic acids is 1. The van der Waals surface area contributed by atoms with E-state index in [-0.39, 0.29) is 5.91 Å². The second kappa shape index (κ2) is 6.95. The highest BCUT2D eigenvalue weighted by molar-refractivity contribution is 9.09. The Morgan fingerprint density at radius 3 is 2.63 bits per heavy atom. The molecule has 1 N–H and O–H groups in total. The smallest absolute Gasteiger partial charge is 0.255 e. The molecular formula is C15H14BrNO2. The summed E-state index contributed by atoms with van der Waals surface area (Å²) < 4.78 is 5.47. The molecule has 1 amide bonds. The highest BCUT2D eigenvalue weighted by Gasteiger charge is 2.06. The minimum absolute atomic E-state index is 0.143. The van der Waals surface area contributed by atoms with E-state index in [0.717, 1.165) is 11.0 Å². The molecule has 0 fully saturated rings. The van der Waals surface area contributed by atoms with Gasteiger partial charge in [0.15, 0.2) is 0 Å². The molecule has 4 heteroatoms. The highest BCUT2D eigenvalue weighted by Crippen LogP contribution is 2.15. The van der Waals surface area contributed by atoms with Crippen LogP contribution in [0.2, 0.25) is 0 Å². The molecule has 2 rings (SSSR count). The molecule has 0 spiro atoms. The lowest BCUT2D eigenvalue weighted by Gasteiger charge is -2.07. The van der Waals surface area contributed by atoms with E-state index in [0.29, 0.717) is 17.9 Å². The van der Waals surface area contributed by atoms with Crippen LogP contribution in [0, 0.1) is 0 Å². The van der Waals surface area contributed by atoms with E-state index >= 15 is 0 Å². The van der Waals surface area contributed by atoms with Crippen molar-refractivity contribution in [1.82, 2.24) is 0 Å². The number of para-hydroxylation sites is 1. The number of alkyl halides is 1. The van der Waals surface area contributed by atoms with E-state index in [1.807, 2.05) is 42.5 Å². The lowest BCUT2D eigenvalue weighted by Crippen LogP contribution is -2.12. The van der Waals surface area contributed by atoms with E-state index in [4.69, 9.17) is 4.74 Å². The lowest BCUT2D eigenvalue weighted by atomic mass is 10.2. The summed E-state index contributed by atoms with van der Waals surface area (Å²) in [5.74, 6) is 0.552.